The number of nitrogens with zero attached hydrogens (tertiary/aromatic N) is 2. The molecule has 3 aromatic carbocycles. The van der Waals surface area contributed by atoms with E-state index in [2.05, 4.69) is 17.1 Å². The second-order valence-corrected chi connectivity index (χ2v) is 7.54. The van der Waals surface area contributed by atoms with Gasteiger partial charge < -0.3 is 18.9 Å². The van der Waals surface area contributed by atoms with E-state index in [-0.39, 0.29) is 6.04 Å². The van der Waals surface area contributed by atoms with Crippen LogP contribution in [-0.4, -0.2) is 34.2 Å². The number of hydrogen-bond donors (Lipinski definition) is 0. The van der Waals surface area contributed by atoms with Crippen molar-refractivity contribution in [1.29, 1.82) is 0 Å². The molecule has 6 nitrogen and oxygen atoms in total. The van der Waals surface area contributed by atoms with Crippen LogP contribution in [0.15, 0.2) is 77.9 Å². The van der Waals surface area contributed by atoms with Gasteiger partial charge in [-0.15, -0.1) is 0 Å². The van der Waals surface area contributed by atoms with Gasteiger partial charge in [-0.2, -0.15) is 5.10 Å². The highest BCUT2D eigenvalue weighted by atomic mass is 16.5. The Hall–Kier alpha value is -3.93. The van der Waals surface area contributed by atoms with Crippen LogP contribution < -0.4 is 24.0 Å². The van der Waals surface area contributed by atoms with Gasteiger partial charge in [-0.1, -0.05) is 18.2 Å². The lowest BCUT2D eigenvalue weighted by Gasteiger charge is -2.25. The first-order valence-electron chi connectivity index (χ1n) is 10.7. The van der Waals surface area contributed by atoms with Gasteiger partial charge in [0.25, 0.3) is 0 Å². The number of para-hydroxylation sites is 1. The van der Waals surface area contributed by atoms with Gasteiger partial charge in [0.1, 0.15) is 23.0 Å². The van der Waals surface area contributed by atoms with Crippen LogP contribution in [0.5, 0.6) is 23.0 Å². The van der Waals surface area contributed by atoms with E-state index in [1.165, 1.54) is 0 Å². The fraction of sp³-hybridized carbons (Fsp3) is 0.222. The average molecular weight is 445 g/mol. The standard InChI is InChI=1S/C27H28N2O4/c1-30-22-13-11-19(26(17-22)32-3)10-12-20-16-25(29(28-20)21-8-6-5-7-9-21)24-15-14-23(31-2)18-27(24)33-4/h5-15,17-18,25H,16H2,1-4H3/b12-10+/t25-/m0/s1. The van der Waals surface area contributed by atoms with E-state index in [0.29, 0.717) is 0 Å². The van der Waals surface area contributed by atoms with Crippen molar-refractivity contribution in [2.24, 2.45) is 5.10 Å². The molecule has 1 heterocycles. The van der Waals surface area contributed by atoms with Crippen LogP contribution >= 0.6 is 0 Å². The van der Waals surface area contributed by atoms with Gasteiger partial charge in [-0.05, 0) is 48.6 Å². The number of hydrogen-bond acceptors (Lipinski definition) is 6. The Morgan fingerprint density at radius 3 is 2.09 bits per heavy atom. The van der Waals surface area contributed by atoms with Crippen molar-refractivity contribution in [3.05, 3.63) is 83.9 Å². The molecule has 1 atom stereocenters. The van der Waals surface area contributed by atoms with Gasteiger partial charge >= 0.3 is 0 Å². The monoisotopic (exact) mass is 444 g/mol. The predicted octanol–water partition coefficient (Wildman–Crippen LogP) is 5.74. The van der Waals surface area contributed by atoms with Crippen LogP contribution in [-0.2, 0) is 0 Å². The Labute approximate surface area is 194 Å². The molecule has 0 saturated heterocycles. The van der Waals surface area contributed by atoms with Gasteiger partial charge in [-0.3, -0.25) is 5.01 Å². The van der Waals surface area contributed by atoms with Gasteiger partial charge in [0.15, 0.2) is 0 Å². The van der Waals surface area contributed by atoms with E-state index >= 15 is 0 Å². The van der Waals surface area contributed by atoms with E-state index in [1.807, 2.05) is 66.7 Å². The highest BCUT2D eigenvalue weighted by molar-refractivity contribution is 6.01. The average Bonchev–Trinajstić information content (AvgIpc) is 3.31. The minimum Gasteiger partial charge on any atom is -0.497 e. The third kappa shape index (κ3) is 4.80. The zero-order chi connectivity index (χ0) is 23.2. The Bertz CT molecular complexity index is 1160. The summed E-state index contributed by atoms with van der Waals surface area (Å²) in [5.41, 5.74) is 3.99. The number of rotatable bonds is 8. The SMILES string of the molecule is COc1ccc(/C=C/C2=NN(c3ccccc3)[C@H](c3ccc(OC)cc3OC)C2)c(OC)c1. The summed E-state index contributed by atoms with van der Waals surface area (Å²) in [4.78, 5) is 0. The molecule has 0 fully saturated rings. The molecule has 0 aliphatic carbocycles. The summed E-state index contributed by atoms with van der Waals surface area (Å²) in [6.07, 6.45) is 4.79. The fourth-order valence-corrected chi connectivity index (χ4v) is 3.93. The molecule has 0 bridgehead atoms. The van der Waals surface area contributed by atoms with Crippen molar-refractivity contribution in [3.8, 4) is 23.0 Å². The van der Waals surface area contributed by atoms with Gasteiger partial charge in [0.2, 0.25) is 0 Å². The van der Waals surface area contributed by atoms with E-state index < -0.39 is 0 Å². The molecule has 1 aliphatic heterocycles. The molecule has 33 heavy (non-hydrogen) atoms. The molecule has 6 heteroatoms. The maximum Gasteiger partial charge on any atom is 0.129 e. The molecule has 3 aromatic rings. The minimum atomic E-state index is -0.00864. The number of ether oxygens (including phenoxy) is 4. The third-order valence-corrected chi connectivity index (χ3v) is 5.65. The molecule has 0 spiro atoms. The lowest BCUT2D eigenvalue weighted by molar-refractivity contribution is 0.388. The molecule has 0 saturated carbocycles. The molecule has 0 amide bonds. The molecule has 0 unspecified atom stereocenters. The summed E-state index contributed by atoms with van der Waals surface area (Å²) < 4.78 is 21.9. The van der Waals surface area contributed by atoms with Crippen molar-refractivity contribution in [1.82, 2.24) is 0 Å². The van der Waals surface area contributed by atoms with Crippen LogP contribution in [0, 0.1) is 0 Å². The van der Waals surface area contributed by atoms with Crippen molar-refractivity contribution in [3.63, 3.8) is 0 Å². The third-order valence-electron chi connectivity index (χ3n) is 5.65. The van der Waals surface area contributed by atoms with Crippen LogP contribution in [0.1, 0.15) is 23.6 Å². The van der Waals surface area contributed by atoms with Gasteiger partial charge in [0, 0.05) is 29.7 Å². The maximum atomic E-state index is 5.70. The molecule has 1 aliphatic rings. The minimum absolute atomic E-state index is 0.00864. The first kappa shape index (κ1) is 22.3. The summed E-state index contributed by atoms with van der Waals surface area (Å²) >= 11 is 0. The lowest BCUT2D eigenvalue weighted by atomic mass is 9.99. The normalized spacial score (nSPS) is 15.5. The van der Waals surface area contributed by atoms with Crippen molar-refractivity contribution in [2.75, 3.05) is 33.4 Å². The molecular formula is C27H28N2O4. The summed E-state index contributed by atoms with van der Waals surface area (Å²) in [6.45, 7) is 0. The summed E-state index contributed by atoms with van der Waals surface area (Å²) in [5, 5.41) is 7.00. The second kappa shape index (κ2) is 10.1. The summed E-state index contributed by atoms with van der Waals surface area (Å²) in [6, 6.07) is 21.8. The highest BCUT2D eigenvalue weighted by Crippen LogP contribution is 2.40. The zero-order valence-corrected chi connectivity index (χ0v) is 19.3. The van der Waals surface area contributed by atoms with Crippen molar-refractivity contribution in [2.45, 2.75) is 12.5 Å². The molecule has 170 valence electrons. The number of allylic oxidation sites excluding steroid dienone is 1. The maximum absolute atomic E-state index is 5.70. The Balaban J connectivity index is 1.68. The first-order valence-corrected chi connectivity index (χ1v) is 10.7. The Morgan fingerprint density at radius 2 is 1.42 bits per heavy atom. The van der Waals surface area contributed by atoms with Crippen molar-refractivity contribution >= 4 is 17.5 Å². The van der Waals surface area contributed by atoms with Crippen LogP contribution in [0.2, 0.25) is 0 Å². The fourth-order valence-electron chi connectivity index (χ4n) is 3.93. The molecular weight excluding hydrogens is 416 g/mol. The van der Waals surface area contributed by atoms with Crippen LogP contribution in [0.25, 0.3) is 6.08 Å². The summed E-state index contributed by atoms with van der Waals surface area (Å²) in [5.74, 6) is 3.03. The quantitative estimate of drug-likeness (QED) is 0.443. The zero-order valence-electron chi connectivity index (χ0n) is 19.3. The van der Waals surface area contributed by atoms with E-state index in [0.717, 1.165) is 51.9 Å². The number of hydrazone groups is 1. The van der Waals surface area contributed by atoms with E-state index in [9.17, 15) is 0 Å². The highest BCUT2D eigenvalue weighted by Gasteiger charge is 2.30. The molecule has 0 N–H and O–H groups in total. The van der Waals surface area contributed by atoms with Gasteiger partial charge in [-0.25, -0.2) is 0 Å². The lowest BCUT2D eigenvalue weighted by Crippen LogP contribution is -2.19. The molecule has 4 rings (SSSR count). The van der Waals surface area contributed by atoms with Crippen molar-refractivity contribution < 1.29 is 18.9 Å². The van der Waals surface area contributed by atoms with E-state index in [1.54, 1.807) is 28.4 Å². The van der Waals surface area contributed by atoms with E-state index in [4.69, 9.17) is 24.0 Å². The molecule has 0 aromatic heterocycles. The largest absolute Gasteiger partial charge is 0.497 e. The first-order chi connectivity index (χ1) is 16.2. The Kier molecular flexibility index (Phi) is 6.83. The number of anilines is 1. The van der Waals surface area contributed by atoms with Gasteiger partial charge in [0.05, 0.1) is 45.9 Å². The topological polar surface area (TPSA) is 52.5 Å². The number of benzene rings is 3. The second-order valence-electron chi connectivity index (χ2n) is 7.54. The molecule has 0 radical (unpaired) electrons. The summed E-state index contributed by atoms with van der Waals surface area (Å²) in [7, 11) is 6.63. The number of methoxy groups -OCH3 is 4. The predicted molar refractivity (Wildman–Crippen MR) is 132 cm³/mol. The van der Waals surface area contributed by atoms with Crippen LogP contribution in [0.4, 0.5) is 5.69 Å². The smallest absolute Gasteiger partial charge is 0.129 e. The Morgan fingerprint density at radius 1 is 0.758 bits per heavy atom. The van der Waals surface area contributed by atoms with Crippen LogP contribution in [0.3, 0.4) is 0 Å².